The Kier molecular flexibility index (Phi) is 8.09. The average Bonchev–Trinajstić information content (AvgIpc) is 3.17. The standard InChI is InChI=1S/C23H32N2O3S/c1-17(2)25(13-15-26-3)12-7-14-28-21-11-10-18(27-4)16-19(21)23-24-20-8-5-6-9-22(20)29-23/h5-6,8-11,16-17,23-24H,7,12-15H2,1-4H3. The molecule has 1 aliphatic heterocycles. The lowest BCUT2D eigenvalue weighted by molar-refractivity contribution is 0.124. The van der Waals surface area contributed by atoms with Crippen LogP contribution in [0.3, 0.4) is 0 Å². The van der Waals surface area contributed by atoms with Crippen molar-refractivity contribution in [1.29, 1.82) is 0 Å². The van der Waals surface area contributed by atoms with Gasteiger partial charge in [0, 0.05) is 42.4 Å². The number of rotatable bonds is 11. The van der Waals surface area contributed by atoms with Crippen molar-refractivity contribution in [2.24, 2.45) is 0 Å². The van der Waals surface area contributed by atoms with E-state index in [1.807, 2.05) is 23.9 Å². The number of ether oxygens (including phenoxy) is 3. The summed E-state index contributed by atoms with van der Waals surface area (Å²) < 4.78 is 16.9. The Morgan fingerprint density at radius 1 is 1.07 bits per heavy atom. The van der Waals surface area contributed by atoms with Crippen LogP contribution in [0.15, 0.2) is 47.4 Å². The Labute approximate surface area is 178 Å². The molecule has 0 saturated carbocycles. The highest BCUT2D eigenvalue weighted by atomic mass is 32.2. The van der Waals surface area contributed by atoms with Gasteiger partial charge in [-0.1, -0.05) is 23.9 Å². The SMILES string of the molecule is COCCN(CCCOc1ccc(OC)cc1C1Nc2ccccc2S1)C(C)C. The first kappa shape index (κ1) is 21.8. The molecule has 29 heavy (non-hydrogen) atoms. The Morgan fingerprint density at radius 2 is 1.90 bits per heavy atom. The maximum absolute atomic E-state index is 6.22. The lowest BCUT2D eigenvalue weighted by Gasteiger charge is -2.26. The minimum absolute atomic E-state index is 0.117. The highest BCUT2D eigenvalue weighted by Crippen LogP contribution is 2.49. The topological polar surface area (TPSA) is 43.0 Å². The molecule has 0 fully saturated rings. The van der Waals surface area contributed by atoms with Crippen molar-refractivity contribution in [2.45, 2.75) is 36.6 Å². The minimum Gasteiger partial charge on any atom is -0.497 e. The highest BCUT2D eigenvalue weighted by molar-refractivity contribution is 8.00. The minimum atomic E-state index is 0.117. The van der Waals surface area contributed by atoms with Crippen LogP contribution in [0, 0.1) is 0 Å². The normalized spacial score (nSPS) is 15.4. The quantitative estimate of drug-likeness (QED) is 0.518. The summed E-state index contributed by atoms with van der Waals surface area (Å²) in [5.74, 6) is 1.76. The van der Waals surface area contributed by atoms with Crippen LogP contribution in [0.4, 0.5) is 5.69 Å². The second-order valence-corrected chi connectivity index (χ2v) is 8.51. The molecule has 3 rings (SSSR count). The summed E-state index contributed by atoms with van der Waals surface area (Å²) in [6.45, 7) is 7.82. The second-order valence-electron chi connectivity index (χ2n) is 7.37. The number of hydrogen-bond acceptors (Lipinski definition) is 6. The summed E-state index contributed by atoms with van der Waals surface area (Å²) in [5.41, 5.74) is 2.28. The molecule has 0 aromatic heterocycles. The van der Waals surface area contributed by atoms with E-state index in [-0.39, 0.29) is 5.37 Å². The van der Waals surface area contributed by atoms with Gasteiger partial charge in [-0.2, -0.15) is 0 Å². The number of benzene rings is 2. The molecule has 0 bridgehead atoms. The van der Waals surface area contributed by atoms with Crippen LogP contribution in [0.2, 0.25) is 0 Å². The van der Waals surface area contributed by atoms with Crippen LogP contribution in [0.25, 0.3) is 0 Å². The molecule has 0 amide bonds. The highest BCUT2D eigenvalue weighted by Gasteiger charge is 2.25. The van der Waals surface area contributed by atoms with E-state index in [2.05, 4.69) is 54.4 Å². The van der Waals surface area contributed by atoms with Gasteiger partial charge in [0.1, 0.15) is 16.9 Å². The van der Waals surface area contributed by atoms with Crippen LogP contribution in [-0.4, -0.2) is 51.5 Å². The van der Waals surface area contributed by atoms with Crippen molar-refractivity contribution in [3.8, 4) is 11.5 Å². The van der Waals surface area contributed by atoms with Gasteiger partial charge in [0.05, 0.1) is 20.3 Å². The summed E-state index contributed by atoms with van der Waals surface area (Å²) >= 11 is 1.81. The van der Waals surface area contributed by atoms with E-state index in [4.69, 9.17) is 14.2 Å². The van der Waals surface area contributed by atoms with Crippen LogP contribution in [0.5, 0.6) is 11.5 Å². The number of nitrogens with one attached hydrogen (secondary N) is 1. The third-order valence-electron chi connectivity index (χ3n) is 5.08. The largest absolute Gasteiger partial charge is 0.497 e. The fraction of sp³-hybridized carbons (Fsp3) is 0.478. The van der Waals surface area contributed by atoms with Gasteiger partial charge in [-0.05, 0) is 50.6 Å². The van der Waals surface area contributed by atoms with Crippen molar-refractivity contribution in [3.63, 3.8) is 0 Å². The predicted molar refractivity (Wildman–Crippen MR) is 120 cm³/mol. The fourth-order valence-electron chi connectivity index (χ4n) is 3.40. The van der Waals surface area contributed by atoms with Gasteiger partial charge in [0.25, 0.3) is 0 Å². The number of thioether (sulfide) groups is 1. The molecule has 2 aromatic carbocycles. The van der Waals surface area contributed by atoms with E-state index in [1.54, 1.807) is 14.2 Å². The molecule has 0 radical (unpaired) electrons. The zero-order chi connectivity index (χ0) is 20.6. The lowest BCUT2D eigenvalue weighted by Crippen LogP contribution is -2.35. The van der Waals surface area contributed by atoms with Crippen molar-refractivity contribution in [1.82, 2.24) is 4.90 Å². The maximum Gasteiger partial charge on any atom is 0.125 e. The van der Waals surface area contributed by atoms with Crippen molar-refractivity contribution in [3.05, 3.63) is 48.0 Å². The molecule has 1 unspecified atom stereocenters. The molecular weight excluding hydrogens is 384 g/mol. The zero-order valence-electron chi connectivity index (χ0n) is 17.8. The summed E-state index contributed by atoms with van der Waals surface area (Å²) in [7, 11) is 3.45. The van der Waals surface area contributed by atoms with E-state index >= 15 is 0 Å². The first-order valence-electron chi connectivity index (χ1n) is 10.2. The van der Waals surface area contributed by atoms with E-state index in [0.29, 0.717) is 12.6 Å². The summed E-state index contributed by atoms with van der Waals surface area (Å²) in [6, 6.07) is 14.9. The number of hydrogen-bond donors (Lipinski definition) is 1. The summed E-state index contributed by atoms with van der Waals surface area (Å²) in [5, 5.41) is 3.71. The third kappa shape index (κ3) is 5.81. The predicted octanol–water partition coefficient (Wildman–Crippen LogP) is 5.04. The number of methoxy groups -OCH3 is 2. The molecule has 0 aliphatic carbocycles. The van der Waals surface area contributed by atoms with E-state index < -0.39 is 0 Å². The van der Waals surface area contributed by atoms with Crippen LogP contribution >= 0.6 is 11.8 Å². The molecule has 0 saturated heterocycles. The van der Waals surface area contributed by atoms with Gasteiger partial charge >= 0.3 is 0 Å². The smallest absolute Gasteiger partial charge is 0.125 e. The van der Waals surface area contributed by atoms with Crippen molar-refractivity contribution < 1.29 is 14.2 Å². The van der Waals surface area contributed by atoms with E-state index in [0.717, 1.165) is 43.2 Å². The van der Waals surface area contributed by atoms with Gasteiger partial charge in [-0.15, -0.1) is 0 Å². The Morgan fingerprint density at radius 3 is 2.62 bits per heavy atom. The van der Waals surface area contributed by atoms with E-state index in [1.165, 1.54) is 10.6 Å². The first-order chi connectivity index (χ1) is 14.1. The van der Waals surface area contributed by atoms with E-state index in [9.17, 15) is 0 Å². The van der Waals surface area contributed by atoms with Gasteiger partial charge in [0.15, 0.2) is 0 Å². The van der Waals surface area contributed by atoms with Gasteiger partial charge in [-0.25, -0.2) is 0 Å². The number of para-hydroxylation sites is 1. The Balaban J connectivity index is 1.62. The van der Waals surface area contributed by atoms with Gasteiger partial charge in [0.2, 0.25) is 0 Å². The number of nitrogens with zero attached hydrogens (tertiary/aromatic N) is 1. The summed E-state index contributed by atoms with van der Waals surface area (Å²) in [6.07, 6.45) is 0.971. The zero-order valence-corrected chi connectivity index (χ0v) is 18.6. The molecule has 1 N–H and O–H groups in total. The van der Waals surface area contributed by atoms with Crippen LogP contribution < -0.4 is 14.8 Å². The molecule has 6 heteroatoms. The van der Waals surface area contributed by atoms with Crippen LogP contribution in [-0.2, 0) is 4.74 Å². The van der Waals surface area contributed by atoms with Crippen LogP contribution in [0.1, 0.15) is 31.2 Å². The molecular formula is C23H32N2O3S. The lowest BCUT2D eigenvalue weighted by atomic mass is 10.1. The average molecular weight is 417 g/mol. The molecule has 1 aliphatic rings. The van der Waals surface area contributed by atoms with Crippen molar-refractivity contribution >= 4 is 17.4 Å². The monoisotopic (exact) mass is 416 g/mol. The fourth-order valence-corrected chi connectivity index (χ4v) is 4.57. The second kappa shape index (κ2) is 10.8. The van der Waals surface area contributed by atoms with Gasteiger partial charge < -0.3 is 19.5 Å². The molecule has 0 spiro atoms. The summed E-state index contributed by atoms with van der Waals surface area (Å²) in [4.78, 5) is 3.68. The third-order valence-corrected chi connectivity index (χ3v) is 6.30. The first-order valence-corrected chi connectivity index (χ1v) is 11.1. The molecule has 5 nitrogen and oxygen atoms in total. The number of anilines is 1. The molecule has 1 heterocycles. The Hall–Kier alpha value is -1.89. The molecule has 158 valence electrons. The Bertz CT molecular complexity index is 759. The molecule has 2 aromatic rings. The molecule has 1 atom stereocenters. The van der Waals surface area contributed by atoms with Crippen molar-refractivity contribution in [2.75, 3.05) is 45.8 Å². The van der Waals surface area contributed by atoms with Gasteiger partial charge in [-0.3, -0.25) is 4.90 Å². The maximum atomic E-state index is 6.22. The number of fused-ring (bicyclic) bond motifs is 1.